The van der Waals surface area contributed by atoms with E-state index >= 15 is 9.59 Å². The standard InChI is InChI=1S/C63H88N12O26/c1-3-17-95-29-13-15-30(16-14-29)96-25-38-46(83)48(85)51(88)61(100-38)101-53-37(24-78)99-60(52(89)49(53)86)97-31-11-9-27(10-12-31)18-32-55(91)73-41(43(80)33-19-67-62(64)71-33)58(94)74-42(44(81)35-20-68-63(65)75(35)59-50(87)47(84)45(82)36(23-77)98-59)57(93)70-34(22-76)54(90)66-21-39(79)72-40(56(92)69-32)26(2)28-7-5-4-6-8-28/h4-16,26,32-38,40-53,59-61,76-78,80-89H,3,17-25H2,1-2H3,(H11,64,65,66,67,68,69,70,71,72,73,74,79,90,91,92,93,94)/p+1/t26-,32-,33+,34?,35+,36+,37-,38+,40?,41+,42-,43-,44-,45+,46+,47+,48+,49+,50+,51+,52-,53-,59-,60+,61+/m1/s1. The molecule has 101 heavy (non-hydrogen) atoms. The summed E-state index contributed by atoms with van der Waals surface area (Å²) < 4.78 is 41.5. The maximum absolute atomic E-state index is 15.2. The summed E-state index contributed by atoms with van der Waals surface area (Å²) in [6, 6.07) is 7.42. The number of amides is 6. The molecule has 6 aliphatic rings. The van der Waals surface area contributed by atoms with Gasteiger partial charge in [-0.15, -0.1) is 0 Å². The molecule has 6 aliphatic heterocycles. The summed E-state index contributed by atoms with van der Waals surface area (Å²) in [5, 5.41) is 163. The normalized spacial score (nSPS) is 34.9. The first kappa shape index (κ1) is 76.9. The molecule has 6 amide bonds. The fourth-order valence-corrected chi connectivity index (χ4v) is 12.3. The van der Waals surface area contributed by atoms with E-state index in [-0.39, 0.29) is 36.4 Å². The fourth-order valence-electron chi connectivity index (χ4n) is 12.3. The Morgan fingerprint density at radius 1 is 0.564 bits per heavy atom. The van der Waals surface area contributed by atoms with Crippen molar-refractivity contribution >= 4 is 47.4 Å². The number of benzene rings is 3. The fraction of sp³-hybridized carbons (Fsp3) is 0.587. The number of hydrogen-bond acceptors (Lipinski definition) is 31. The first-order chi connectivity index (χ1) is 48.2. The maximum atomic E-state index is 15.2. The minimum absolute atomic E-state index is 0.0684. The van der Waals surface area contributed by atoms with Crippen molar-refractivity contribution < 1.29 is 133 Å². The Balaban J connectivity index is 0.977. The smallest absolute Gasteiger partial charge is 0.346 e. The summed E-state index contributed by atoms with van der Waals surface area (Å²) in [6.45, 7) is -0.857. The van der Waals surface area contributed by atoms with Gasteiger partial charge in [0.15, 0.2) is 12.2 Å². The van der Waals surface area contributed by atoms with Crippen molar-refractivity contribution in [2.45, 2.75) is 179 Å². The van der Waals surface area contributed by atoms with Crippen molar-refractivity contribution in [3.63, 3.8) is 0 Å². The molecule has 2 unspecified atom stereocenters. The van der Waals surface area contributed by atoms with Crippen LogP contribution in [0.4, 0.5) is 0 Å². The topological polar surface area (TPSA) is 594 Å². The van der Waals surface area contributed by atoms with Gasteiger partial charge in [-0.05, 0) is 53.9 Å². The van der Waals surface area contributed by atoms with Crippen LogP contribution in [0.1, 0.15) is 37.3 Å². The molecular weight excluding hydrogens is 1340 g/mol. The monoisotopic (exact) mass is 1430 g/mol. The molecule has 9 rings (SSSR count). The van der Waals surface area contributed by atoms with Crippen molar-refractivity contribution in [3.05, 3.63) is 90.0 Å². The van der Waals surface area contributed by atoms with Crippen LogP contribution in [-0.4, -0.2) is 318 Å². The van der Waals surface area contributed by atoms with Crippen LogP contribution in [0.5, 0.6) is 17.2 Å². The third-order valence-corrected chi connectivity index (χ3v) is 18.1. The Morgan fingerprint density at radius 3 is 1.79 bits per heavy atom. The van der Waals surface area contributed by atoms with Crippen LogP contribution in [0.2, 0.25) is 0 Å². The molecule has 0 bridgehead atoms. The number of nitrogens with two attached hydrogens (primary N) is 2. The largest absolute Gasteiger partial charge is 0.494 e. The highest BCUT2D eigenvalue weighted by atomic mass is 16.7. The van der Waals surface area contributed by atoms with Crippen molar-refractivity contribution in [1.82, 2.24) is 42.5 Å². The van der Waals surface area contributed by atoms with Gasteiger partial charge >= 0.3 is 5.96 Å². The molecule has 0 aromatic heterocycles. The minimum atomic E-state index is -2.33. The van der Waals surface area contributed by atoms with Gasteiger partial charge in [-0.1, -0.05) is 56.3 Å². The molecule has 38 heteroatoms. The highest BCUT2D eigenvalue weighted by Gasteiger charge is 2.55. The summed E-state index contributed by atoms with van der Waals surface area (Å²) in [6.07, 6.45) is -30.7. The Hall–Kier alpha value is -8.26. The van der Waals surface area contributed by atoms with E-state index < -0.39 is 227 Å². The summed E-state index contributed by atoms with van der Waals surface area (Å²) in [5.41, 5.74) is 12.9. The highest BCUT2D eigenvalue weighted by Crippen LogP contribution is 2.32. The van der Waals surface area contributed by atoms with E-state index in [0.29, 0.717) is 23.7 Å². The van der Waals surface area contributed by atoms with Gasteiger partial charge in [0.05, 0.1) is 39.0 Å². The molecule has 0 saturated carbocycles. The molecule has 0 spiro atoms. The van der Waals surface area contributed by atoms with Gasteiger partial charge in [0.2, 0.25) is 48.0 Å². The van der Waals surface area contributed by atoms with E-state index in [1.165, 1.54) is 24.3 Å². The third kappa shape index (κ3) is 18.2. The third-order valence-electron chi connectivity index (χ3n) is 18.1. The van der Waals surface area contributed by atoms with Gasteiger partial charge in [0.25, 0.3) is 0 Å². The number of nitrogens with zero attached hydrogens (tertiary/aromatic N) is 2. The van der Waals surface area contributed by atoms with Crippen LogP contribution >= 0.6 is 0 Å². The Labute approximate surface area is 576 Å². The van der Waals surface area contributed by atoms with E-state index in [1.807, 2.05) is 6.92 Å². The molecule has 25 N–H and O–H groups in total. The van der Waals surface area contributed by atoms with Crippen LogP contribution in [0, 0.1) is 0 Å². The Bertz CT molecular complexity index is 3370. The molecule has 25 atom stereocenters. The number of nitrogens with one attached hydrogen (secondary N) is 8. The number of aliphatic hydroxyl groups excluding tert-OH is 13. The number of aliphatic imine (C=N–C) groups is 1. The van der Waals surface area contributed by atoms with Crippen LogP contribution in [0.15, 0.2) is 83.9 Å². The van der Waals surface area contributed by atoms with E-state index in [4.69, 9.17) is 44.6 Å². The number of carbonyl (C=O) groups excluding carboxylic acids is 6. The summed E-state index contributed by atoms with van der Waals surface area (Å²) >= 11 is 0. The predicted molar refractivity (Wildman–Crippen MR) is 343 cm³/mol. The second kappa shape index (κ2) is 34.6. The second-order valence-electron chi connectivity index (χ2n) is 25.1. The minimum Gasteiger partial charge on any atom is -0.494 e. The number of rotatable bonds is 22. The van der Waals surface area contributed by atoms with Crippen molar-refractivity contribution in [2.75, 3.05) is 52.7 Å². The van der Waals surface area contributed by atoms with Crippen LogP contribution in [0.25, 0.3) is 0 Å². The number of aliphatic hydroxyl groups is 13. The molecule has 4 saturated heterocycles. The predicted octanol–water partition coefficient (Wildman–Crippen LogP) is -11.4. The Kier molecular flexibility index (Phi) is 26.4. The zero-order chi connectivity index (χ0) is 73.1. The molecule has 3 aromatic rings. The lowest BCUT2D eigenvalue weighted by Gasteiger charge is -2.46. The zero-order valence-electron chi connectivity index (χ0n) is 54.7. The SMILES string of the molecule is CCCOc1ccc(OC[C@@H]2O[C@@H](O[C@H]3[C@@H](O)[C@@H](O)[C@@H](Oc4ccc(C[C@H]5NC(=O)C([C@H](C)c6ccccc6)NC(=O)CNC(=O)C(CO)NC(=O)[C@@H]([C@H](O)[C@@H]6CNC(N)=[N+]6[C@@H]6O[C@@H](CO)[C@H](O)[C@H](O)[C@@H]6O)NC(=O)[C@H]([C@H](O)[C@@H]6CNC(N)=N6)NC5=O)cc4)O[C@@H]3CO)[C@@H](O)[C@@H](O)[C@H]2O)cc1. The maximum Gasteiger partial charge on any atom is 0.346 e. The van der Waals surface area contributed by atoms with E-state index in [2.05, 4.69) is 47.5 Å². The number of guanidine groups is 2. The molecule has 3 aromatic carbocycles. The summed E-state index contributed by atoms with van der Waals surface area (Å²) in [5.74, 6) is -7.91. The van der Waals surface area contributed by atoms with Crippen LogP contribution in [0.3, 0.4) is 0 Å². The molecule has 4 fully saturated rings. The van der Waals surface area contributed by atoms with Gasteiger partial charge in [-0.25, -0.2) is 9.57 Å². The molecule has 0 aliphatic carbocycles. The highest BCUT2D eigenvalue weighted by molar-refractivity contribution is 5.98. The van der Waals surface area contributed by atoms with Crippen molar-refractivity contribution in [1.29, 1.82) is 0 Å². The number of ether oxygens (including phenoxy) is 7. The van der Waals surface area contributed by atoms with Gasteiger partial charge in [-0.3, -0.25) is 39.8 Å². The second-order valence-corrected chi connectivity index (χ2v) is 25.1. The van der Waals surface area contributed by atoms with Gasteiger partial charge < -0.3 is 142 Å². The first-order valence-electron chi connectivity index (χ1n) is 32.7. The van der Waals surface area contributed by atoms with Crippen molar-refractivity contribution in [3.8, 4) is 17.2 Å². The number of hydrogen-bond donors (Lipinski definition) is 23. The first-order valence-corrected chi connectivity index (χ1v) is 32.7. The lowest BCUT2D eigenvalue weighted by molar-refractivity contribution is -0.663. The zero-order valence-corrected chi connectivity index (χ0v) is 54.7. The Morgan fingerprint density at radius 2 is 1.15 bits per heavy atom. The molecule has 6 heterocycles. The van der Waals surface area contributed by atoms with E-state index in [1.54, 1.807) is 61.5 Å². The average molecular weight is 1430 g/mol. The summed E-state index contributed by atoms with van der Waals surface area (Å²) in [7, 11) is 0. The van der Waals surface area contributed by atoms with Crippen LogP contribution in [-0.2, 0) is 54.1 Å². The lowest BCUT2D eigenvalue weighted by Crippen LogP contribution is -2.68. The summed E-state index contributed by atoms with van der Waals surface area (Å²) in [4.78, 5) is 91.7. The quantitative estimate of drug-likeness (QED) is 0.0415. The van der Waals surface area contributed by atoms with Gasteiger partial charge in [0, 0.05) is 18.9 Å². The number of carbonyl (C=O) groups is 6. The van der Waals surface area contributed by atoms with E-state index in [0.717, 1.165) is 11.0 Å². The van der Waals surface area contributed by atoms with Crippen molar-refractivity contribution in [2.24, 2.45) is 16.5 Å². The molecule has 0 radical (unpaired) electrons. The van der Waals surface area contributed by atoms with Gasteiger partial charge in [-0.2, -0.15) is 0 Å². The van der Waals surface area contributed by atoms with E-state index in [9.17, 15) is 85.6 Å². The van der Waals surface area contributed by atoms with Crippen LogP contribution < -0.4 is 68.2 Å². The molecule has 556 valence electrons. The molecular formula is C63H89N12O26+. The lowest BCUT2D eigenvalue weighted by atomic mass is 9.92. The van der Waals surface area contributed by atoms with Gasteiger partial charge in [0.1, 0.15) is 152 Å². The average Bonchev–Trinajstić information content (AvgIpc) is 1.77. The molecule has 38 nitrogen and oxygen atoms in total.